The first-order valence-electron chi connectivity index (χ1n) is 23.3. The van der Waals surface area contributed by atoms with Gasteiger partial charge in [-0.3, -0.25) is 29.0 Å². The number of nitrogens with zero attached hydrogens (tertiary/aromatic N) is 2. The fourth-order valence-electron chi connectivity index (χ4n) is 7.66. The molecule has 6 aromatic rings. The van der Waals surface area contributed by atoms with Gasteiger partial charge in [0, 0.05) is 79.0 Å². The number of nitrogens with two attached hydrogens (primary N) is 1. The zero-order valence-electron chi connectivity index (χ0n) is 41.5. The number of ether oxygens (including phenoxy) is 2. The maximum absolute atomic E-state index is 12.7. The van der Waals surface area contributed by atoms with Crippen LogP contribution in [-0.2, 0) is 4.74 Å². The molecule has 374 valence electrons. The molecule has 3 aliphatic heterocycles. The molecule has 0 aliphatic carbocycles. The fourth-order valence-corrected chi connectivity index (χ4v) is 8.58. The third kappa shape index (κ3) is 14.9. The first-order chi connectivity index (χ1) is 33.3. The monoisotopic (exact) mass is 1130 g/mol. The predicted octanol–water partition coefficient (Wildman–Crippen LogP) is 8.12. The van der Waals surface area contributed by atoms with Gasteiger partial charge in [-0.1, -0.05) is 108 Å². The zero-order chi connectivity index (χ0) is 50.8. The number of imide groups is 2. The topological polar surface area (TPSA) is 224 Å². The van der Waals surface area contributed by atoms with Crippen molar-refractivity contribution in [1.82, 2.24) is 9.80 Å². The van der Waals surface area contributed by atoms with Crippen molar-refractivity contribution in [2.24, 2.45) is 5.73 Å². The molecule has 14 nitrogen and oxygen atoms in total. The Hall–Kier alpha value is -4.24. The van der Waals surface area contributed by atoms with Gasteiger partial charge in [-0.2, -0.15) is 0 Å². The molecular weight excluding hydrogens is 1070 g/mol. The van der Waals surface area contributed by atoms with E-state index in [0.717, 1.165) is 68.1 Å². The number of cyclic esters (lactones) is 2. The van der Waals surface area contributed by atoms with Crippen molar-refractivity contribution < 1.29 is 105 Å². The van der Waals surface area contributed by atoms with Crippen LogP contribution >= 0.6 is 31.9 Å². The van der Waals surface area contributed by atoms with E-state index in [-0.39, 0.29) is 93.7 Å². The number of carbonyl (C=O) groups excluding carboxylic acids is 6. The Morgan fingerprint density at radius 1 is 0.507 bits per heavy atom. The van der Waals surface area contributed by atoms with Crippen molar-refractivity contribution in [3.8, 4) is 5.75 Å². The second kappa shape index (κ2) is 31.4. The van der Waals surface area contributed by atoms with Gasteiger partial charge in [0.1, 0.15) is 5.75 Å². The van der Waals surface area contributed by atoms with Crippen molar-refractivity contribution in [1.29, 1.82) is 0 Å². The third-order valence-corrected chi connectivity index (χ3v) is 12.2. The summed E-state index contributed by atoms with van der Waals surface area (Å²) < 4.78 is 12.0. The Morgan fingerprint density at radius 2 is 0.845 bits per heavy atom. The molecule has 0 radical (unpaired) electrons. The number of rotatable bonds is 10. The van der Waals surface area contributed by atoms with Gasteiger partial charge in [-0.15, -0.1) is 0 Å². The largest absolute Gasteiger partial charge is 1.00 e. The average Bonchev–Trinajstić information content (AvgIpc) is 3.34. The molecule has 17 heteroatoms. The maximum atomic E-state index is 12.7. The van der Waals surface area contributed by atoms with Gasteiger partial charge in [0.2, 0.25) is 0 Å². The molecule has 6 aromatic carbocycles. The van der Waals surface area contributed by atoms with Crippen molar-refractivity contribution in [3.63, 3.8) is 0 Å². The molecule has 5 N–H and O–H groups in total. The van der Waals surface area contributed by atoms with Gasteiger partial charge in [0.15, 0.2) is 0 Å². The maximum Gasteiger partial charge on any atom is 1.00 e. The summed E-state index contributed by atoms with van der Waals surface area (Å²) in [5.41, 5.74) is 8.43. The van der Waals surface area contributed by atoms with Crippen LogP contribution in [0.1, 0.15) is 142 Å². The molecule has 0 fully saturated rings. The number of halogens is 2. The van der Waals surface area contributed by atoms with Crippen LogP contribution in [-0.4, -0.2) is 101 Å². The van der Waals surface area contributed by atoms with E-state index in [1.807, 2.05) is 63.2 Å². The van der Waals surface area contributed by atoms with Crippen molar-refractivity contribution in [3.05, 3.63) is 133 Å². The molecule has 4 amide bonds. The first-order valence-corrected chi connectivity index (χ1v) is 24.9. The minimum absolute atomic E-state index is 0. The van der Waals surface area contributed by atoms with Gasteiger partial charge in [0.25, 0.3) is 23.6 Å². The summed E-state index contributed by atoms with van der Waals surface area (Å²) in [5.74, 6) is -1.22. The van der Waals surface area contributed by atoms with Gasteiger partial charge >= 0.3 is 63.3 Å². The molecule has 0 unspecified atom stereocenters. The molecular formula is C54H62Br2KN3O11. The molecule has 0 spiro atoms. The van der Waals surface area contributed by atoms with Gasteiger partial charge in [-0.25, -0.2) is 9.59 Å². The van der Waals surface area contributed by atoms with E-state index in [4.69, 9.17) is 20.7 Å². The van der Waals surface area contributed by atoms with Crippen molar-refractivity contribution >= 4 is 99.7 Å². The Balaban J connectivity index is 0.000000328. The summed E-state index contributed by atoms with van der Waals surface area (Å²) in [5, 5.41) is 19.9. The number of aliphatic hydroxyl groups is 2. The van der Waals surface area contributed by atoms with Crippen LogP contribution < -0.4 is 61.9 Å². The third-order valence-electron chi connectivity index (χ3n) is 10.8. The van der Waals surface area contributed by atoms with Crippen LogP contribution in [0.4, 0.5) is 0 Å². The molecule has 0 bridgehead atoms. The van der Waals surface area contributed by atoms with E-state index >= 15 is 0 Å². The molecule has 0 saturated heterocycles. The van der Waals surface area contributed by atoms with Gasteiger partial charge < -0.3 is 30.9 Å². The molecule has 9 rings (SSSR count). The molecule has 3 aliphatic rings. The first kappa shape index (κ1) is 62.9. The molecule has 0 atom stereocenters. The summed E-state index contributed by atoms with van der Waals surface area (Å²) in [7, 11) is 0. The van der Waals surface area contributed by atoms with Crippen LogP contribution in [0.25, 0.3) is 32.3 Å². The SMILES string of the molecule is CCCCN.CCCCN1C(=O)c2cccc3c(Br)ccc(c23)C1=O.CCCCN1C(=O)c2cccc3c(OCC)ccc(c23)C1=O.CCO.CCO.O=C1OC(=O)c2ccc(Br)c3cccc1c23.[K+].[OH-]. The number of unbranched alkanes of at least 4 members (excludes halogenated alkanes) is 3. The molecule has 0 saturated carbocycles. The summed E-state index contributed by atoms with van der Waals surface area (Å²) in [4.78, 5) is 76.1. The molecule has 0 aromatic heterocycles. The summed E-state index contributed by atoms with van der Waals surface area (Å²) >= 11 is 6.87. The van der Waals surface area contributed by atoms with Crippen molar-refractivity contribution in [2.45, 2.75) is 80.1 Å². The van der Waals surface area contributed by atoms with Gasteiger partial charge in [-0.05, 0) is 112 Å². The average molecular weight is 1130 g/mol. The second-order valence-corrected chi connectivity index (χ2v) is 17.3. The standard InChI is InChI=1S/C18H19NO3.C16H14BrNO2.C12H5BrO3.C4H11N.2C2H6O.K.H2O/c1-3-5-11-19-17(20)13-8-6-7-12-15(22-4-2)10-9-14(16(12)13)18(19)21;1-2-3-9-18-15(19)11-6-4-5-10-13(17)8-7-12(14(10)11)16(18)20;13-9-5-4-8-10-6(9)2-1-3-7(10)11(14)16-12(8)15;1-2-3-4-5;2*1-2-3;;/h6-10H,3-5,11H2,1-2H3;4-8H,2-3,9H2,1H3;1-5H;2-5H2,1H3;2*3H,2H2,1H3;;1H2/q;;;;;;+1;/p-1. The van der Waals surface area contributed by atoms with Crippen LogP contribution in [0.2, 0.25) is 0 Å². The Bertz CT molecular complexity index is 2750. The smallest absolute Gasteiger partial charge is 0.870 e. The van der Waals surface area contributed by atoms with Gasteiger partial charge in [0.05, 0.1) is 17.7 Å². The second-order valence-electron chi connectivity index (χ2n) is 15.6. The Labute approximate surface area is 474 Å². The number of hydrogen-bond acceptors (Lipinski definition) is 12. The minimum atomic E-state index is -0.582. The summed E-state index contributed by atoms with van der Waals surface area (Å²) in [6, 6.07) is 27.1. The normalized spacial score (nSPS) is 12.5. The minimum Gasteiger partial charge on any atom is -0.870 e. The predicted molar refractivity (Wildman–Crippen MR) is 280 cm³/mol. The number of amides is 4. The van der Waals surface area contributed by atoms with E-state index in [1.54, 1.807) is 62.4 Å². The van der Waals surface area contributed by atoms with Crippen LogP contribution in [0.15, 0.2) is 99.9 Å². The quantitative estimate of drug-likeness (QED) is 0.0512. The number of carbonyl (C=O) groups is 6. The number of hydrogen-bond donors (Lipinski definition) is 3. The fraction of sp³-hybridized carbons (Fsp3) is 0.333. The molecule has 3 heterocycles. The summed E-state index contributed by atoms with van der Waals surface area (Å²) in [6.45, 7) is 14.3. The Kier molecular flexibility index (Phi) is 27.8. The van der Waals surface area contributed by atoms with E-state index < -0.39 is 11.9 Å². The number of esters is 2. The zero-order valence-corrected chi connectivity index (χ0v) is 47.8. The van der Waals surface area contributed by atoms with Crippen LogP contribution in [0.3, 0.4) is 0 Å². The van der Waals surface area contributed by atoms with E-state index in [2.05, 4.69) is 43.5 Å². The number of aliphatic hydroxyl groups excluding tert-OH is 2. The summed E-state index contributed by atoms with van der Waals surface area (Å²) in [6.07, 6.45) is 5.93. The van der Waals surface area contributed by atoms with E-state index in [9.17, 15) is 28.8 Å². The van der Waals surface area contributed by atoms with E-state index in [1.165, 1.54) is 22.6 Å². The molecule has 71 heavy (non-hydrogen) atoms. The van der Waals surface area contributed by atoms with Crippen LogP contribution in [0, 0.1) is 0 Å². The Morgan fingerprint density at radius 3 is 1.24 bits per heavy atom. The van der Waals surface area contributed by atoms with Crippen LogP contribution in [0.5, 0.6) is 5.75 Å². The van der Waals surface area contributed by atoms with E-state index in [0.29, 0.717) is 64.2 Å². The van der Waals surface area contributed by atoms with Crippen molar-refractivity contribution in [2.75, 3.05) is 39.5 Å². The number of benzene rings is 6.